The zero-order valence-corrected chi connectivity index (χ0v) is 12.4. The minimum absolute atomic E-state index is 0.539. The van der Waals surface area contributed by atoms with Crippen molar-refractivity contribution in [3.63, 3.8) is 0 Å². The zero-order valence-electron chi connectivity index (χ0n) is 12.4. The molecule has 0 saturated carbocycles. The number of nitrogens with two attached hydrogens (primary N) is 1. The van der Waals surface area contributed by atoms with Crippen molar-refractivity contribution in [3.8, 4) is 0 Å². The zero-order chi connectivity index (χ0) is 14.1. The van der Waals surface area contributed by atoms with E-state index < -0.39 is 0 Å². The average Bonchev–Trinajstić information content (AvgIpc) is 2.90. The van der Waals surface area contributed by atoms with Gasteiger partial charge in [-0.2, -0.15) is 0 Å². The highest BCUT2D eigenvalue weighted by atomic mass is 15.2. The molecule has 1 fully saturated rings. The Morgan fingerprint density at radius 1 is 1.45 bits per heavy atom. The number of nitrogens with zero attached hydrogens (tertiary/aromatic N) is 3. The number of fused-ring (bicyclic) bond motifs is 1. The Kier molecular flexibility index (Phi) is 3.76. The number of pyridine rings is 1. The molecular formula is C16H24N4. The molecule has 0 radical (unpaired) electrons. The van der Waals surface area contributed by atoms with Crippen LogP contribution < -0.4 is 5.73 Å². The number of imidazole rings is 1. The third-order valence-electron chi connectivity index (χ3n) is 4.41. The summed E-state index contributed by atoms with van der Waals surface area (Å²) in [5, 5.41) is 0. The fourth-order valence-electron chi connectivity index (χ4n) is 3.18. The first-order valence-electron chi connectivity index (χ1n) is 7.59. The molecule has 4 nitrogen and oxygen atoms in total. The lowest BCUT2D eigenvalue weighted by atomic mass is 9.96. The third kappa shape index (κ3) is 2.45. The van der Waals surface area contributed by atoms with Gasteiger partial charge in [0.1, 0.15) is 5.82 Å². The van der Waals surface area contributed by atoms with E-state index in [1.165, 1.54) is 25.2 Å². The van der Waals surface area contributed by atoms with Gasteiger partial charge in [0, 0.05) is 31.2 Å². The largest absolute Gasteiger partial charge is 0.326 e. The molecule has 0 spiro atoms. The number of piperidine rings is 1. The van der Waals surface area contributed by atoms with E-state index in [1.807, 2.05) is 6.20 Å². The summed E-state index contributed by atoms with van der Waals surface area (Å²) in [6.45, 7) is 7.48. The molecule has 0 amide bonds. The van der Waals surface area contributed by atoms with Crippen molar-refractivity contribution in [2.24, 2.45) is 5.73 Å². The second kappa shape index (κ2) is 5.54. The minimum Gasteiger partial charge on any atom is -0.326 e. The van der Waals surface area contributed by atoms with Gasteiger partial charge in [-0.15, -0.1) is 0 Å². The summed E-state index contributed by atoms with van der Waals surface area (Å²) in [6.07, 6.45) is 6.59. The summed E-state index contributed by atoms with van der Waals surface area (Å²) in [7, 11) is 0. The monoisotopic (exact) mass is 272 g/mol. The Morgan fingerprint density at radius 2 is 2.30 bits per heavy atom. The Hall–Kier alpha value is -1.39. The average molecular weight is 272 g/mol. The van der Waals surface area contributed by atoms with E-state index >= 15 is 0 Å². The van der Waals surface area contributed by atoms with Crippen molar-refractivity contribution in [1.82, 2.24) is 14.3 Å². The van der Waals surface area contributed by atoms with Crippen molar-refractivity contribution < 1.29 is 0 Å². The van der Waals surface area contributed by atoms with Gasteiger partial charge in [-0.05, 0) is 50.9 Å². The number of likely N-dealkylation sites (tertiary alicyclic amines) is 1. The number of rotatable bonds is 3. The summed E-state index contributed by atoms with van der Waals surface area (Å²) in [5.41, 5.74) is 8.03. The van der Waals surface area contributed by atoms with Crippen LogP contribution in [0.4, 0.5) is 0 Å². The molecule has 1 saturated heterocycles. The van der Waals surface area contributed by atoms with Crippen LogP contribution in [0.1, 0.15) is 44.0 Å². The quantitative estimate of drug-likeness (QED) is 0.933. The van der Waals surface area contributed by atoms with Crippen LogP contribution in [0.3, 0.4) is 0 Å². The summed E-state index contributed by atoms with van der Waals surface area (Å²) in [4.78, 5) is 7.24. The Balaban J connectivity index is 1.90. The molecule has 20 heavy (non-hydrogen) atoms. The van der Waals surface area contributed by atoms with Crippen molar-refractivity contribution >= 4 is 5.52 Å². The molecule has 2 N–H and O–H groups in total. The van der Waals surface area contributed by atoms with Crippen LogP contribution >= 0.6 is 0 Å². The van der Waals surface area contributed by atoms with Gasteiger partial charge in [0.05, 0.1) is 11.7 Å². The highest BCUT2D eigenvalue weighted by molar-refractivity contribution is 5.48. The molecule has 2 aromatic heterocycles. The van der Waals surface area contributed by atoms with Crippen LogP contribution in [0.25, 0.3) is 5.52 Å². The minimum atomic E-state index is 0.539. The third-order valence-corrected chi connectivity index (χ3v) is 4.41. The summed E-state index contributed by atoms with van der Waals surface area (Å²) in [6, 6.07) is 4.86. The SMILES string of the molecule is CC(C)N1CCCC(c2ncc3cc(CN)ccn23)C1. The first kappa shape index (κ1) is 13.6. The molecule has 4 heteroatoms. The maximum absolute atomic E-state index is 5.71. The highest BCUT2D eigenvalue weighted by Crippen LogP contribution is 2.27. The van der Waals surface area contributed by atoms with Gasteiger partial charge in [-0.1, -0.05) is 0 Å². The molecule has 0 bridgehead atoms. The maximum Gasteiger partial charge on any atom is 0.117 e. The van der Waals surface area contributed by atoms with Crippen LogP contribution in [0.2, 0.25) is 0 Å². The van der Waals surface area contributed by atoms with Crippen molar-refractivity contribution in [2.75, 3.05) is 13.1 Å². The Morgan fingerprint density at radius 3 is 3.05 bits per heavy atom. The lowest BCUT2D eigenvalue weighted by Crippen LogP contribution is -2.39. The van der Waals surface area contributed by atoms with Gasteiger partial charge in [0.25, 0.3) is 0 Å². The van der Waals surface area contributed by atoms with E-state index in [2.05, 4.69) is 46.5 Å². The second-order valence-electron chi connectivity index (χ2n) is 6.08. The number of hydrogen-bond acceptors (Lipinski definition) is 3. The second-order valence-corrected chi connectivity index (χ2v) is 6.08. The first-order chi connectivity index (χ1) is 9.69. The van der Waals surface area contributed by atoms with E-state index in [4.69, 9.17) is 5.73 Å². The normalized spacial score (nSPS) is 20.9. The van der Waals surface area contributed by atoms with E-state index in [0.717, 1.165) is 17.6 Å². The highest BCUT2D eigenvalue weighted by Gasteiger charge is 2.25. The lowest BCUT2D eigenvalue weighted by molar-refractivity contribution is 0.164. The predicted molar refractivity (Wildman–Crippen MR) is 81.8 cm³/mol. The van der Waals surface area contributed by atoms with Crippen molar-refractivity contribution in [3.05, 3.63) is 35.9 Å². The molecule has 0 aliphatic carbocycles. The van der Waals surface area contributed by atoms with Gasteiger partial charge < -0.3 is 15.0 Å². The molecule has 3 rings (SSSR count). The summed E-state index contributed by atoms with van der Waals surface area (Å²) >= 11 is 0. The predicted octanol–water partition coefficient (Wildman–Crippen LogP) is 2.38. The molecule has 3 heterocycles. The van der Waals surface area contributed by atoms with Crippen LogP contribution in [-0.4, -0.2) is 33.4 Å². The summed E-state index contributed by atoms with van der Waals surface area (Å²) < 4.78 is 2.23. The molecule has 108 valence electrons. The fraction of sp³-hybridized carbons (Fsp3) is 0.562. The maximum atomic E-state index is 5.71. The van der Waals surface area contributed by atoms with Crippen molar-refractivity contribution in [1.29, 1.82) is 0 Å². The molecule has 1 unspecified atom stereocenters. The van der Waals surface area contributed by atoms with Crippen LogP contribution in [-0.2, 0) is 6.54 Å². The van der Waals surface area contributed by atoms with Gasteiger partial charge in [-0.3, -0.25) is 0 Å². The van der Waals surface area contributed by atoms with E-state index in [-0.39, 0.29) is 0 Å². The van der Waals surface area contributed by atoms with Gasteiger partial charge in [0.15, 0.2) is 0 Å². The van der Waals surface area contributed by atoms with Gasteiger partial charge >= 0.3 is 0 Å². The van der Waals surface area contributed by atoms with Gasteiger partial charge in [0.2, 0.25) is 0 Å². The molecular weight excluding hydrogens is 248 g/mol. The molecule has 1 aliphatic rings. The first-order valence-corrected chi connectivity index (χ1v) is 7.59. The molecule has 1 atom stereocenters. The summed E-state index contributed by atoms with van der Waals surface area (Å²) in [5.74, 6) is 1.74. The molecule has 1 aliphatic heterocycles. The fourth-order valence-corrected chi connectivity index (χ4v) is 3.18. The van der Waals surface area contributed by atoms with Crippen LogP contribution in [0, 0.1) is 0 Å². The lowest BCUT2D eigenvalue weighted by Gasteiger charge is -2.34. The molecule has 0 aromatic carbocycles. The van der Waals surface area contributed by atoms with Crippen LogP contribution in [0.15, 0.2) is 24.5 Å². The van der Waals surface area contributed by atoms with E-state index in [1.54, 1.807) is 0 Å². The number of hydrogen-bond donors (Lipinski definition) is 1. The number of aromatic nitrogens is 2. The Bertz CT molecular complexity index is 587. The standard InChI is InChI=1S/C16H24N4/c1-12(2)19-6-3-4-14(11-19)16-18-10-15-8-13(9-17)5-7-20(15)16/h5,7-8,10,12,14H,3-4,6,9,11,17H2,1-2H3. The Labute approximate surface area is 120 Å². The van der Waals surface area contributed by atoms with Crippen molar-refractivity contribution in [2.45, 2.75) is 45.2 Å². The smallest absolute Gasteiger partial charge is 0.117 e. The van der Waals surface area contributed by atoms with Gasteiger partial charge in [-0.25, -0.2) is 4.98 Å². The van der Waals surface area contributed by atoms with E-state index in [0.29, 0.717) is 18.5 Å². The molecule has 2 aromatic rings. The van der Waals surface area contributed by atoms with Crippen LogP contribution in [0.5, 0.6) is 0 Å². The topological polar surface area (TPSA) is 46.6 Å². The van der Waals surface area contributed by atoms with E-state index in [9.17, 15) is 0 Å².